The smallest absolute Gasteiger partial charge is 0.224 e. The maximum atomic E-state index is 12.1. The summed E-state index contributed by atoms with van der Waals surface area (Å²) in [6.07, 6.45) is 3.61. The molecule has 2 N–H and O–H groups in total. The molecule has 0 aromatic heterocycles. The third-order valence-electron chi connectivity index (χ3n) is 3.95. The minimum Gasteiger partial charge on any atom is -0.341 e. The van der Waals surface area contributed by atoms with Crippen molar-refractivity contribution in [2.24, 2.45) is 5.73 Å². The highest BCUT2D eigenvalue weighted by molar-refractivity contribution is 5.77. The number of nitrogens with zero attached hydrogens (tertiary/aromatic N) is 1. The van der Waals surface area contributed by atoms with Gasteiger partial charge in [0.15, 0.2) is 0 Å². The first-order valence-electron chi connectivity index (χ1n) is 6.57. The van der Waals surface area contributed by atoms with Crippen molar-refractivity contribution in [1.29, 1.82) is 0 Å². The van der Waals surface area contributed by atoms with Crippen LogP contribution in [-0.2, 0) is 11.3 Å². The molecule has 1 aromatic rings. The summed E-state index contributed by atoms with van der Waals surface area (Å²) in [5.74, 6) is 0.153. The van der Waals surface area contributed by atoms with Crippen molar-refractivity contribution < 1.29 is 4.79 Å². The van der Waals surface area contributed by atoms with Crippen LogP contribution in [0.2, 0.25) is 0 Å². The molecule has 0 radical (unpaired) electrons. The van der Waals surface area contributed by atoms with E-state index in [9.17, 15) is 4.79 Å². The lowest BCUT2D eigenvalue weighted by Crippen LogP contribution is -2.50. The molecule has 2 rings (SSSR count). The first-order valence-corrected chi connectivity index (χ1v) is 6.57. The molecule has 0 bridgehead atoms. The monoisotopic (exact) mass is 246 g/mol. The number of hydrogen-bond donors (Lipinski definition) is 1. The Morgan fingerprint density at radius 2 is 2.06 bits per heavy atom. The number of aryl methyl sites for hydroxylation is 1. The van der Waals surface area contributed by atoms with Crippen molar-refractivity contribution in [2.45, 2.75) is 44.7 Å². The van der Waals surface area contributed by atoms with Crippen LogP contribution in [0.1, 0.15) is 36.8 Å². The summed E-state index contributed by atoms with van der Waals surface area (Å²) in [6, 6.07) is 8.17. The van der Waals surface area contributed by atoms with E-state index in [1.54, 1.807) is 4.90 Å². The molecule has 0 aliphatic heterocycles. The summed E-state index contributed by atoms with van der Waals surface area (Å²) in [4.78, 5) is 13.9. The van der Waals surface area contributed by atoms with Crippen LogP contribution in [0.3, 0.4) is 0 Å². The fourth-order valence-corrected chi connectivity index (χ4v) is 2.37. The SMILES string of the molecule is Cc1ccccc1CN(C)C(=O)CC1(N)CCC1. The second-order valence-electron chi connectivity index (χ2n) is 5.57. The number of carbonyl (C=O) groups is 1. The van der Waals surface area contributed by atoms with E-state index in [0.717, 1.165) is 19.3 Å². The number of amides is 1. The lowest BCUT2D eigenvalue weighted by molar-refractivity contribution is -0.132. The van der Waals surface area contributed by atoms with E-state index in [1.165, 1.54) is 11.1 Å². The molecule has 18 heavy (non-hydrogen) atoms. The standard InChI is InChI=1S/C15H22N2O/c1-12-6-3-4-7-13(12)11-17(2)14(18)10-15(16)8-5-9-15/h3-4,6-7H,5,8-11,16H2,1-2H3. The lowest BCUT2D eigenvalue weighted by Gasteiger charge is -2.38. The molecule has 3 nitrogen and oxygen atoms in total. The van der Waals surface area contributed by atoms with Crippen molar-refractivity contribution in [3.05, 3.63) is 35.4 Å². The van der Waals surface area contributed by atoms with E-state index in [1.807, 2.05) is 19.2 Å². The molecule has 0 saturated heterocycles. The van der Waals surface area contributed by atoms with E-state index in [2.05, 4.69) is 19.1 Å². The largest absolute Gasteiger partial charge is 0.341 e. The molecule has 1 amide bonds. The Morgan fingerprint density at radius 3 is 2.61 bits per heavy atom. The molecule has 3 heteroatoms. The minimum atomic E-state index is -0.225. The molecular formula is C15H22N2O. The third kappa shape index (κ3) is 2.91. The average Bonchev–Trinajstić information content (AvgIpc) is 2.30. The highest BCUT2D eigenvalue weighted by Gasteiger charge is 2.35. The first-order chi connectivity index (χ1) is 8.50. The highest BCUT2D eigenvalue weighted by Crippen LogP contribution is 2.32. The Morgan fingerprint density at radius 1 is 1.39 bits per heavy atom. The van der Waals surface area contributed by atoms with Gasteiger partial charge in [-0.3, -0.25) is 4.79 Å². The Balaban J connectivity index is 1.93. The van der Waals surface area contributed by atoms with E-state index in [-0.39, 0.29) is 11.4 Å². The molecule has 0 atom stereocenters. The predicted molar refractivity (Wildman–Crippen MR) is 73.0 cm³/mol. The van der Waals surface area contributed by atoms with Crippen LogP contribution < -0.4 is 5.73 Å². The zero-order valence-corrected chi connectivity index (χ0v) is 11.3. The van der Waals surface area contributed by atoms with Crippen molar-refractivity contribution in [3.8, 4) is 0 Å². The van der Waals surface area contributed by atoms with Crippen LogP contribution in [0.4, 0.5) is 0 Å². The Hall–Kier alpha value is -1.35. The first kappa shape index (κ1) is 13.1. The molecule has 0 spiro atoms. The Bertz CT molecular complexity index is 438. The number of nitrogens with two attached hydrogens (primary N) is 1. The molecule has 1 aliphatic rings. The summed E-state index contributed by atoms with van der Waals surface area (Å²) in [5.41, 5.74) is 8.32. The van der Waals surface area contributed by atoms with Crippen LogP contribution in [0.5, 0.6) is 0 Å². The van der Waals surface area contributed by atoms with Crippen molar-refractivity contribution >= 4 is 5.91 Å². The fourth-order valence-electron chi connectivity index (χ4n) is 2.37. The molecular weight excluding hydrogens is 224 g/mol. The second-order valence-corrected chi connectivity index (χ2v) is 5.57. The number of benzene rings is 1. The summed E-state index contributed by atoms with van der Waals surface area (Å²) in [6.45, 7) is 2.74. The van der Waals surface area contributed by atoms with E-state index >= 15 is 0 Å². The van der Waals surface area contributed by atoms with E-state index in [0.29, 0.717) is 13.0 Å². The molecule has 1 aliphatic carbocycles. The molecule has 98 valence electrons. The zero-order chi connectivity index (χ0) is 13.2. The number of carbonyl (C=O) groups excluding carboxylic acids is 1. The Kier molecular flexibility index (Phi) is 3.71. The molecule has 0 unspecified atom stereocenters. The van der Waals surface area contributed by atoms with Crippen molar-refractivity contribution in [1.82, 2.24) is 4.90 Å². The van der Waals surface area contributed by atoms with Gasteiger partial charge in [0.25, 0.3) is 0 Å². The summed E-state index contributed by atoms with van der Waals surface area (Å²) in [7, 11) is 1.86. The molecule has 1 saturated carbocycles. The fraction of sp³-hybridized carbons (Fsp3) is 0.533. The molecule has 1 fully saturated rings. The quantitative estimate of drug-likeness (QED) is 0.885. The zero-order valence-electron chi connectivity index (χ0n) is 11.3. The van der Waals surface area contributed by atoms with Gasteiger partial charge in [0, 0.05) is 25.6 Å². The van der Waals surface area contributed by atoms with Gasteiger partial charge < -0.3 is 10.6 Å². The van der Waals surface area contributed by atoms with Crippen molar-refractivity contribution in [3.63, 3.8) is 0 Å². The average molecular weight is 246 g/mol. The lowest BCUT2D eigenvalue weighted by atomic mass is 9.75. The van der Waals surface area contributed by atoms with Crippen LogP contribution >= 0.6 is 0 Å². The maximum Gasteiger partial charge on any atom is 0.224 e. The van der Waals surface area contributed by atoms with Gasteiger partial charge in [-0.2, -0.15) is 0 Å². The van der Waals surface area contributed by atoms with E-state index < -0.39 is 0 Å². The molecule has 0 heterocycles. The molecule has 1 aromatic carbocycles. The minimum absolute atomic E-state index is 0.153. The number of hydrogen-bond acceptors (Lipinski definition) is 2. The van der Waals surface area contributed by atoms with Crippen LogP contribution in [0.25, 0.3) is 0 Å². The van der Waals surface area contributed by atoms with Gasteiger partial charge in [-0.05, 0) is 37.3 Å². The maximum absolute atomic E-state index is 12.1. The predicted octanol–water partition coefficient (Wildman–Crippen LogP) is 2.22. The van der Waals surface area contributed by atoms with Gasteiger partial charge in [0.1, 0.15) is 0 Å². The van der Waals surface area contributed by atoms with Gasteiger partial charge in [-0.1, -0.05) is 24.3 Å². The summed E-state index contributed by atoms with van der Waals surface area (Å²) in [5, 5.41) is 0. The number of rotatable bonds is 4. The highest BCUT2D eigenvalue weighted by atomic mass is 16.2. The second kappa shape index (κ2) is 5.11. The summed E-state index contributed by atoms with van der Waals surface area (Å²) >= 11 is 0. The van der Waals surface area contributed by atoms with Gasteiger partial charge in [0.2, 0.25) is 5.91 Å². The van der Waals surface area contributed by atoms with Gasteiger partial charge in [-0.25, -0.2) is 0 Å². The topological polar surface area (TPSA) is 46.3 Å². The van der Waals surface area contributed by atoms with Gasteiger partial charge in [0.05, 0.1) is 0 Å². The normalized spacial score (nSPS) is 17.1. The Labute approximate surface area is 109 Å². The summed E-state index contributed by atoms with van der Waals surface area (Å²) < 4.78 is 0. The third-order valence-corrected chi connectivity index (χ3v) is 3.95. The van der Waals surface area contributed by atoms with Gasteiger partial charge in [-0.15, -0.1) is 0 Å². The van der Waals surface area contributed by atoms with Crippen molar-refractivity contribution in [2.75, 3.05) is 7.05 Å². The van der Waals surface area contributed by atoms with Crippen LogP contribution in [0, 0.1) is 6.92 Å². The van der Waals surface area contributed by atoms with E-state index in [4.69, 9.17) is 5.73 Å². The van der Waals surface area contributed by atoms with Crippen LogP contribution in [-0.4, -0.2) is 23.4 Å². The van der Waals surface area contributed by atoms with Gasteiger partial charge >= 0.3 is 0 Å². The van der Waals surface area contributed by atoms with Crippen LogP contribution in [0.15, 0.2) is 24.3 Å².